The Morgan fingerprint density at radius 3 is 1.38 bits per heavy atom. The Morgan fingerprint density at radius 2 is 0.865 bits per heavy atom. The minimum absolute atomic E-state index is 0.0169. The van der Waals surface area contributed by atoms with E-state index in [1.54, 1.807) is 0 Å². The van der Waals surface area contributed by atoms with Crippen LogP contribution in [0.2, 0.25) is 0 Å². The van der Waals surface area contributed by atoms with Gasteiger partial charge in [0.05, 0.1) is 0 Å². The quantitative estimate of drug-likeness (QED) is 0.212. The van der Waals surface area contributed by atoms with Gasteiger partial charge in [-0.05, 0) is 174 Å². The summed E-state index contributed by atoms with van der Waals surface area (Å²) in [5, 5.41) is 0. The number of para-hydroxylation sites is 1. The van der Waals surface area contributed by atoms with E-state index in [0.717, 1.165) is 23.3 Å². The van der Waals surface area contributed by atoms with Crippen molar-refractivity contribution in [2.75, 3.05) is 4.90 Å². The third kappa shape index (κ3) is 4.61. The summed E-state index contributed by atoms with van der Waals surface area (Å²) in [6, 6.07) is 31.3. The highest BCUT2D eigenvalue weighted by Gasteiger charge is 2.61. The number of ether oxygens (including phenoxy) is 1. The summed E-state index contributed by atoms with van der Waals surface area (Å²) >= 11 is 0. The first kappa shape index (κ1) is 33.1. The van der Waals surface area contributed by atoms with Crippen LogP contribution in [0.3, 0.4) is 0 Å². The van der Waals surface area contributed by atoms with E-state index in [0.29, 0.717) is 11.8 Å². The van der Waals surface area contributed by atoms with E-state index in [1.165, 1.54) is 108 Å². The van der Waals surface area contributed by atoms with Gasteiger partial charge in [-0.25, -0.2) is 0 Å². The SMILES string of the molecule is CC1(C)CCC(C)(C)c2cc(N(c3ccc4c(c3)C(C)(C)CCC4(C)C)c3ccc4c(c3)C3(c5ccccc5O4)C4CC5CC(C4)CC3C5)ccc21. The topological polar surface area (TPSA) is 12.5 Å². The Balaban J connectivity index is 1.20. The maximum absolute atomic E-state index is 6.89. The molecule has 4 saturated carbocycles. The smallest absolute Gasteiger partial charge is 0.131 e. The minimum Gasteiger partial charge on any atom is -0.457 e. The molecule has 2 heteroatoms. The second kappa shape index (κ2) is 10.8. The summed E-state index contributed by atoms with van der Waals surface area (Å²) in [5.74, 6) is 5.32. The molecule has 0 radical (unpaired) electrons. The molecule has 6 aliphatic carbocycles. The van der Waals surface area contributed by atoms with Crippen molar-refractivity contribution in [2.24, 2.45) is 23.7 Å². The van der Waals surface area contributed by atoms with Gasteiger partial charge in [-0.2, -0.15) is 0 Å². The summed E-state index contributed by atoms with van der Waals surface area (Å²) < 4.78 is 6.89. The van der Waals surface area contributed by atoms with Crippen molar-refractivity contribution in [3.05, 3.63) is 112 Å². The summed E-state index contributed by atoms with van der Waals surface area (Å²) in [7, 11) is 0. The molecule has 2 nitrogen and oxygen atoms in total. The lowest BCUT2D eigenvalue weighted by molar-refractivity contribution is -0.0452. The zero-order valence-corrected chi connectivity index (χ0v) is 33.0. The molecule has 7 aliphatic rings. The summed E-state index contributed by atoms with van der Waals surface area (Å²) in [4.78, 5) is 2.61. The first-order valence-corrected chi connectivity index (χ1v) is 20.7. The van der Waals surface area contributed by atoms with Crippen molar-refractivity contribution >= 4 is 17.1 Å². The Labute approximate surface area is 313 Å². The van der Waals surface area contributed by atoms with Crippen LogP contribution < -0.4 is 9.64 Å². The summed E-state index contributed by atoms with van der Waals surface area (Å²) in [6.07, 6.45) is 11.8. The molecule has 270 valence electrons. The molecule has 4 aromatic rings. The second-order valence-electron chi connectivity index (χ2n) is 20.8. The summed E-state index contributed by atoms with van der Waals surface area (Å²) in [5.41, 5.74) is 13.4. The lowest BCUT2D eigenvalue weighted by Crippen LogP contribution is -2.57. The number of nitrogens with zero attached hydrogens (tertiary/aromatic N) is 1. The molecule has 0 aromatic heterocycles. The highest BCUT2D eigenvalue weighted by Crippen LogP contribution is 2.69. The molecule has 1 spiro atoms. The number of fused-ring (bicyclic) bond motifs is 4. The first-order valence-electron chi connectivity index (χ1n) is 20.7. The van der Waals surface area contributed by atoms with Crippen LogP contribution in [0.4, 0.5) is 17.1 Å². The maximum atomic E-state index is 6.89. The summed E-state index contributed by atoms with van der Waals surface area (Å²) in [6.45, 7) is 19.6. The predicted molar refractivity (Wildman–Crippen MR) is 216 cm³/mol. The molecule has 1 aliphatic heterocycles. The van der Waals surface area contributed by atoms with E-state index in [4.69, 9.17) is 4.74 Å². The molecular formula is C50H59NO. The fourth-order valence-corrected chi connectivity index (χ4v) is 12.9. The number of rotatable bonds is 3. The third-order valence-electron chi connectivity index (χ3n) is 15.8. The fraction of sp³-hybridized carbons (Fsp3) is 0.520. The number of hydrogen-bond donors (Lipinski definition) is 0. The van der Waals surface area contributed by atoms with Crippen LogP contribution in [0.5, 0.6) is 11.5 Å². The molecular weight excluding hydrogens is 631 g/mol. The van der Waals surface area contributed by atoms with Gasteiger partial charge in [-0.3, -0.25) is 0 Å². The van der Waals surface area contributed by atoms with E-state index in [9.17, 15) is 0 Å². The molecule has 4 bridgehead atoms. The van der Waals surface area contributed by atoms with Crippen molar-refractivity contribution in [2.45, 2.75) is 140 Å². The van der Waals surface area contributed by atoms with Crippen molar-refractivity contribution in [1.82, 2.24) is 0 Å². The van der Waals surface area contributed by atoms with Crippen LogP contribution in [-0.4, -0.2) is 0 Å². The van der Waals surface area contributed by atoms with Gasteiger partial charge >= 0.3 is 0 Å². The van der Waals surface area contributed by atoms with E-state index >= 15 is 0 Å². The van der Waals surface area contributed by atoms with Crippen molar-refractivity contribution in [3.8, 4) is 11.5 Å². The zero-order valence-electron chi connectivity index (χ0n) is 33.0. The van der Waals surface area contributed by atoms with Crippen molar-refractivity contribution in [1.29, 1.82) is 0 Å². The Kier molecular flexibility index (Phi) is 6.87. The average molecular weight is 690 g/mol. The lowest BCUT2D eigenvalue weighted by Gasteiger charge is -2.63. The van der Waals surface area contributed by atoms with Gasteiger partial charge in [0, 0.05) is 33.6 Å². The van der Waals surface area contributed by atoms with E-state index in [1.807, 2.05) is 0 Å². The Hall–Kier alpha value is -3.52. The normalized spacial score (nSPS) is 30.5. The van der Waals surface area contributed by atoms with Crippen LogP contribution in [0.1, 0.15) is 147 Å². The molecule has 0 N–H and O–H groups in total. The second-order valence-corrected chi connectivity index (χ2v) is 20.8. The first-order chi connectivity index (χ1) is 24.7. The van der Waals surface area contributed by atoms with Crippen LogP contribution in [0.25, 0.3) is 0 Å². The van der Waals surface area contributed by atoms with Crippen LogP contribution in [0, 0.1) is 23.7 Å². The van der Waals surface area contributed by atoms with Gasteiger partial charge < -0.3 is 9.64 Å². The van der Waals surface area contributed by atoms with E-state index in [2.05, 4.69) is 139 Å². The molecule has 0 unspecified atom stereocenters. The number of anilines is 3. The van der Waals surface area contributed by atoms with E-state index < -0.39 is 0 Å². The molecule has 0 amide bonds. The lowest BCUT2D eigenvalue weighted by atomic mass is 9.42. The van der Waals surface area contributed by atoms with Crippen molar-refractivity contribution < 1.29 is 4.74 Å². The van der Waals surface area contributed by atoms with Crippen LogP contribution in [-0.2, 0) is 27.1 Å². The monoisotopic (exact) mass is 689 g/mol. The largest absolute Gasteiger partial charge is 0.457 e. The number of hydrogen-bond acceptors (Lipinski definition) is 2. The van der Waals surface area contributed by atoms with Crippen LogP contribution >= 0.6 is 0 Å². The average Bonchev–Trinajstić information content (AvgIpc) is 3.10. The van der Waals surface area contributed by atoms with Gasteiger partial charge in [0.25, 0.3) is 0 Å². The Bertz CT molecular complexity index is 2000. The Morgan fingerprint density at radius 1 is 0.442 bits per heavy atom. The molecule has 11 rings (SSSR count). The van der Waals surface area contributed by atoms with Crippen LogP contribution in [0.15, 0.2) is 78.9 Å². The molecule has 1 heterocycles. The molecule has 0 atom stereocenters. The molecule has 4 fully saturated rings. The molecule has 4 aromatic carbocycles. The highest BCUT2D eigenvalue weighted by atomic mass is 16.5. The zero-order chi connectivity index (χ0) is 36.0. The number of benzene rings is 4. The highest BCUT2D eigenvalue weighted by molar-refractivity contribution is 5.80. The molecule has 52 heavy (non-hydrogen) atoms. The maximum Gasteiger partial charge on any atom is 0.131 e. The minimum atomic E-state index is 0.0169. The third-order valence-corrected chi connectivity index (χ3v) is 15.8. The van der Waals surface area contributed by atoms with Gasteiger partial charge in [-0.1, -0.05) is 85.7 Å². The van der Waals surface area contributed by atoms with Gasteiger partial charge in [0.15, 0.2) is 0 Å². The van der Waals surface area contributed by atoms with E-state index in [-0.39, 0.29) is 27.1 Å². The standard InChI is InChI=1S/C50H59NO/c1-46(2)19-21-48(5,6)41-28-35(13-16-38(41)46)51(36-14-17-39-42(29-36)49(7,8)22-20-47(39,3)4)37-15-18-45-43(30-37)50(40-11-9-10-12-44(40)52-45)33-24-31-23-32(26-33)27-34(50)25-31/h9-18,28-34H,19-27H2,1-8H3. The van der Waals surface area contributed by atoms with Gasteiger partial charge in [0.2, 0.25) is 0 Å². The predicted octanol–water partition coefficient (Wildman–Crippen LogP) is 13.7. The van der Waals surface area contributed by atoms with Gasteiger partial charge in [0.1, 0.15) is 11.5 Å². The van der Waals surface area contributed by atoms with Gasteiger partial charge in [-0.15, -0.1) is 0 Å². The van der Waals surface area contributed by atoms with Crippen molar-refractivity contribution in [3.63, 3.8) is 0 Å². The molecule has 0 saturated heterocycles. The fourth-order valence-electron chi connectivity index (χ4n) is 12.9.